The second kappa shape index (κ2) is 7.31. The van der Waals surface area contributed by atoms with Crippen LogP contribution in [0.1, 0.15) is 10.4 Å². The maximum Gasteiger partial charge on any atom is 0.337 e. The number of carboxylic acids is 1. The summed E-state index contributed by atoms with van der Waals surface area (Å²) in [4.78, 5) is 25.8. The Bertz CT molecular complexity index is 840. The van der Waals surface area contributed by atoms with Gasteiger partial charge in [-0.15, -0.1) is 0 Å². The number of aromatic carboxylic acids is 1. The molecule has 3 aromatic rings. The van der Waals surface area contributed by atoms with Crippen LogP contribution in [0.15, 0.2) is 84.9 Å². The van der Waals surface area contributed by atoms with E-state index in [1.165, 1.54) is 11.0 Å². The largest absolute Gasteiger partial charge is 0.478 e. The zero-order valence-electron chi connectivity index (χ0n) is 13.3. The lowest BCUT2D eigenvalue weighted by Gasteiger charge is -2.23. The SMILES string of the molecule is O=C(O)c1ccccc1NC(=O)N(c1ccccc1)c1ccccc1. The molecule has 2 N–H and O–H groups in total. The van der Waals surface area contributed by atoms with Gasteiger partial charge < -0.3 is 10.4 Å². The third kappa shape index (κ3) is 3.67. The first-order chi connectivity index (χ1) is 12.2. The predicted octanol–water partition coefficient (Wildman–Crippen LogP) is 4.76. The highest BCUT2D eigenvalue weighted by molar-refractivity contribution is 6.09. The number of carboxylic acid groups (broad SMARTS) is 1. The van der Waals surface area contributed by atoms with E-state index < -0.39 is 12.0 Å². The Morgan fingerprint density at radius 1 is 0.720 bits per heavy atom. The summed E-state index contributed by atoms with van der Waals surface area (Å²) in [5.41, 5.74) is 1.65. The predicted molar refractivity (Wildman–Crippen MR) is 97.4 cm³/mol. The second-order valence-electron chi connectivity index (χ2n) is 5.29. The lowest BCUT2D eigenvalue weighted by molar-refractivity contribution is 0.0698. The van der Waals surface area contributed by atoms with Gasteiger partial charge in [-0.2, -0.15) is 0 Å². The van der Waals surface area contributed by atoms with Gasteiger partial charge in [-0.25, -0.2) is 9.59 Å². The van der Waals surface area contributed by atoms with Gasteiger partial charge in [0.15, 0.2) is 0 Å². The summed E-state index contributed by atoms with van der Waals surface area (Å²) < 4.78 is 0. The third-order valence-corrected chi connectivity index (χ3v) is 3.63. The first-order valence-corrected chi connectivity index (χ1v) is 7.70. The quantitative estimate of drug-likeness (QED) is 0.724. The summed E-state index contributed by atoms with van der Waals surface area (Å²) in [6.07, 6.45) is 0. The molecule has 0 saturated carbocycles. The van der Waals surface area contributed by atoms with E-state index in [1.54, 1.807) is 18.2 Å². The van der Waals surface area contributed by atoms with Crippen molar-refractivity contribution in [3.8, 4) is 0 Å². The number of nitrogens with one attached hydrogen (secondary N) is 1. The van der Waals surface area contributed by atoms with E-state index in [4.69, 9.17) is 0 Å². The molecule has 3 aromatic carbocycles. The van der Waals surface area contributed by atoms with Crippen molar-refractivity contribution in [1.29, 1.82) is 0 Å². The molecule has 0 atom stereocenters. The minimum atomic E-state index is -1.10. The molecule has 0 aliphatic rings. The van der Waals surface area contributed by atoms with E-state index in [9.17, 15) is 14.7 Å². The van der Waals surface area contributed by atoms with Gasteiger partial charge in [0.1, 0.15) is 0 Å². The number of nitrogens with zero attached hydrogens (tertiary/aromatic N) is 1. The first kappa shape index (κ1) is 16.3. The van der Waals surface area contributed by atoms with Crippen LogP contribution in [0.3, 0.4) is 0 Å². The van der Waals surface area contributed by atoms with Crippen molar-refractivity contribution < 1.29 is 14.7 Å². The Kier molecular flexibility index (Phi) is 4.76. The fourth-order valence-corrected chi connectivity index (χ4v) is 2.49. The Balaban J connectivity index is 1.98. The van der Waals surface area contributed by atoms with Crippen molar-refractivity contribution in [2.75, 3.05) is 10.2 Å². The standard InChI is InChI=1S/C20H16N2O3/c23-19(24)17-13-7-8-14-18(17)21-20(25)22(15-9-3-1-4-10-15)16-11-5-2-6-12-16/h1-14H,(H,21,25)(H,23,24). The number of hydrogen-bond donors (Lipinski definition) is 2. The minimum Gasteiger partial charge on any atom is -0.478 e. The number of carbonyl (C=O) groups excluding carboxylic acids is 1. The Hall–Kier alpha value is -3.60. The first-order valence-electron chi connectivity index (χ1n) is 7.70. The van der Waals surface area contributed by atoms with E-state index >= 15 is 0 Å². The molecule has 0 unspecified atom stereocenters. The molecule has 0 spiro atoms. The molecule has 0 aliphatic carbocycles. The van der Waals surface area contributed by atoms with Crippen molar-refractivity contribution in [2.24, 2.45) is 0 Å². The molecule has 2 amide bonds. The van der Waals surface area contributed by atoms with Crippen molar-refractivity contribution in [3.05, 3.63) is 90.5 Å². The van der Waals surface area contributed by atoms with Gasteiger partial charge in [-0.1, -0.05) is 48.5 Å². The van der Waals surface area contributed by atoms with E-state index in [1.807, 2.05) is 60.7 Å². The molecule has 3 rings (SSSR count). The number of hydrogen-bond acceptors (Lipinski definition) is 2. The van der Waals surface area contributed by atoms with E-state index in [0.29, 0.717) is 11.4 Å². The van der Waals surface area contributed by atoms with Gasteiger partial charge in [0.25, 0.3) is 0 Å². The van der Waals surface area contributed by atoms with Crippen LogP contribution < -0.4 is 10.2 Å². The number of anilines is 3. The molecule has 5 heteroatoms. The molecule has 5 nitrogen and oxygen atoms in total. The summed E-state index contributed by atoms with van der Waals surface area (Å²) in [6.45, 7) is 0. The topological polar surface area (TPSA) is 69.6 Å². The monoisotopic (exact) mass is 332 g/mol. The van der Waals surface area contributed by atoms with Crippen LogP contribution in [-0.4, -0.2) is 17.1 Å². The number of amides is 2. The van der Waals surface area contributed by atoms with Gasteiger partial charge >= 0.3 is 12.0 Å². The zero-order valence-corrected chi connectivity index (χ0v) is 13.3. The Morgan fingerprint density at radius 3 is 1.72 bits per heavy atom. The van der Waals surface area contributed by atoms with Gasteiger partial charge in [0.05, 0.1) is 22.6 Å². The lowest BCUT2D eigenvalue weighted by atomic mass is 10.2. The van der Waals surface area contributed by atoms with Gasteiger partial charge in [-0.3, -0.25) is 4.90 Å². The van der Waals surface area contributed by atoms with Crippen molar-refractivity contribution in [1.82, 2.24) is 0 Å². The maximum atomic E-state index is 12.9. The normalized spacial score (nSPS) is 10.1. The Morgan fingerprint density at radius 2 is 1.20 bits per heavy atom. The van der Waals surface area contributed by atoms with Gasteiger partial charge in [0.2, 0.25) is 0 Å². The molecular formula is C20H16N2O3. The van der Waals surface area contributed by atoms with Crippen LogP contribution in [0.4, 0.5) is 21.9 Å². The number of urea groups is 1. The number of benzene rings is 3. The van der Waals surface area contributed by atoms with Crippen LogP contribution in [0.2, 0.25) is 0 Å². The molecule has 0 aliphatic heterocycles. The third-order valence-electron chi connectivity index (χ3n) is 3.63. The smallest absolute Gasteiger partial charge is 0.337 e. The maximum absolute atomic E-state index is 12.9. The van der Waals surface area contributed by atoms with Crippen LogP contribution >= 0.6 is 0 Å². The molecule has 124 valence electrons. The average molecular weight is 332 g/mol. The van der Waals surface area contributed by atoms with Gasteiger partial charge in [0, 0.05) is 0 Å². The summed E-state index contributed by atoms with van der Waals surface area (Å²) in [5.74, 6) is -1.10. The number of carbonyl (C=O) groups is 2. The fourth-order valence-electron chi connectivity index (χ4n) is 2.49. The van der Waals surface area contributed by atoms with Crippen molar-refractivity contribution in [2.45, 2.75) is 0 Å². The molecule has 0 heterocycles. The fraction of sp³-hybridized carbons (Fsp3) is 0. The lowest BCUT2D eigenvalue weighted by Crippen LogP contribution is -2.31. The Labute approximate surface area is 145 Å². The number of rotatable bonds is 4. The molecule has 0 radical (unpaired) electrons. The molecule has 0 fully saturated rings. The van der Waals surface area contributed by atoms with E-state index in [2.05, 4.69) is 5.32 Å². The summed E-state index contributed by atoms with van der Waals surface area (Å²) >= 11 is 0. The van der Waals surface area contributed by atoms with Gasteiger partial charge in [-0.05, 0) is 36.4 Å². The molecular weight excluding hydrogens is 316 g/mol. The van der Waals surface area contributed by atoms with Crippen LogP contribution in [-0.2, 0) is 0 Å². The summed E-state index contributed by atoms with van der Waals surface area (Å²) in [7, 11) is 0. The zero-order chi connectivity index (χ0) is 17.6. The molecule has 25 heavy (non-hydrogen) atoms. The summed E-state index contributed by atoms with van der Waals surface area (Å²) in [6, 6.07) is 24.2. The number of para-hydroxylation sites is 3. The van der Waals surface area contributed by atoms with Crippen LogP contribution in [0.5, 0.6) is 0 Å². The molecule has 0 aromatic heterocycles. The van der Waals surface area contributed by atoms with E-state index in [-0.39, 0.29) is 11.3 Å². The van der Waals surface area contributed by atoms with Crippen molar-refractivity contribution >= 4 is 29.1 Å². The highest BCUT2D eigenvalue weighted by Crippen LogP contribution is 2.26. The minimum absolute atomic E-state index is 0.0388. The summed E-state index contributed by atoms with van der Waals surface area (Å²) in [5, 5.41) is 12.0. The molecule has 0 bridgehead atoms. The average Bonchev–Trinajstić information content (AvgIpc) is 2.64. The second-order valence-corrected chi connectivity index (χ2v) is 5.29. The molecule has 0 saturated heterocycles. The van der Waals surface area contributed by atoms with Crippen LogP contribution in [0, 0.1) is 0 Å². The highest BCUT2D eigenvalue weighted by atomic mass is 16.4. The highest BCUT2D eigenvalue weighted by Gasteiger charge is 2.20. The van der Waals surface area contributed by atoms with Crippen molar-refractivity contribution in [3.63, 3.8) is 0 Å². The van der Waals surface area contributed by atoms with Crippen LogP contribution in [0.25, 0.3) is 0 Å². The van der Waals surface area contributed by atoms with E-state index in [0.717, 1.165) is 0 Å².